The van der Waals surface area contributed by atoms with E-state index in [1.54, 1.807) is 23.6 Å². The van der Waals surface area contributed by atoms with E-state index in [1.165, 1.54) is 0 Å². The van der Waals surface area contributed by atoms with Gasteiger partial charge in [-0.2, -0.15) is 5.10 Å². The number of aryl methyl sites for hydroxylation is 2. The molecule has 2 amide bonds. The smallest absolute Gasteiger partial charge is 0.272 e. The van der Waals surface area contributed by atoms with Crippen molar-refractivity contribution in [2.45, 2.75) is 45.7 Å². The number of piperidine rings is 1. The van der Waals surface area contributed by atoms with Crippen molar-refractivity contribution >= 4 is 11.8 Å². The average Bonchev–Trinajstić information content (AvgIpc) is 3.23. The predicted molar refractivity (Wildman–Crippen MR) is 96.9 cm³/mol. The van der Waals surface area contributed by atoms with E-state index in [9.17, 15) is 9.59 Å². The maximum absolute atomic E-state index is 12.8. The lowest BCUT2D eigenvalue weighted by atomic mass is 9.97. The second-order valence-corrected chi connectivity index (χ2v) is 7.45. The van der Waals surface area contributed by atoms with Crippen LogP contribution in [0.2, 0.25) is 0 Å². The molecule has 0 bridgehead atoms. The lowest BCUT2D eigenvalue weighted by Crippen LogP contribution is -2.41. The van der Waals surface area contributed by atoms with Gasteiger partial charge in [0.25, 0.3) is 5.91 Å². The third-order valence-corrected chi connectivity index (χ3v) is 5.52. The Bertz CT molecular complexity index is 884. The van der Waals surface area contributed by atoms with E-state index < -0.39 is 0 Å². The van der Waals surface area contributed by atoms with Crippen LogP contribution < -0.4 is 0 Å². The van der Waals surface area contributed by atoms with Gasteiger partial charge in [-0.3, -0.25) is 14.3 Å². The summed E-state index contributed by atoms with van der Waals surface area (Å²) < 4.78 is 3.76. The first-order valence-corrected chi connectivity index (χ1v) is 9.41. The lowest BCUT2D eigenvalue weighted by molar-refractivity contribution is -0.130. The number of likely N-dealkylation sites (tertiary alicyclic amines) is 1. The summed E-state index contributed by atoms with van der Waals surface area (Å²) in [5, 5.41) is 13.0. The second-order valence-electron chi connectivity index (χ2n) is 7.45. The van der Waals surface area contributed by atoms with Gasteiger partial charge < -0.3 is 14.4 Å². The minimum absolute atomic E-state index is 0.0330. The van der Waals surface area contributed by atoms with Crippen molar-refractivity contribution in [1.82, 2.24) is 34.3 Å². The van der Waals surface area contributed by atoms with Gasteiger partial charge in [-0.1, -0.05) is 0 Å². The molecule has 2 aromatic rings. The zero-order valence-corrected chi connectivity index (χ0v) is 16.1. The van der Waals surface area contributed by atoms with Gasteiger partial charge in [0.15, 0.2) is 5.82 Å². The molecule has 4 rings (SSSR count). The fraction of sp³-hybridized carbons (Fsp3) is 0.611. The summed E-state index contributed by atoms with van der Waals surface area (Å²) in [4.78, 5) is 28.2. The highest BCUT2D eigenvalue weighted by Crippen LogP contribution is 2.28. The Morgan fingerprint density at radius 1 is 1.15 bits per heavy atom. The largest absolute Gasteiger partial charge is 0.342 e. The van der Waals surface area contributed by atoms with Gasteiger partial charge in [-0.25, -0.2) is 0 Å². The minimum atomic E-state index is -0.0330. The van der Waals surface area contributed by atoms with E-state index >= 15 is 0 Å². The van der Waals surface area contributed by atoms with E-state index in [0.717, 1.165) is 36.7 Å². The quantitative estimate of drug-likeness (QED) is 0.775. The molecule has 1 atom stereocenters. The van der Waals surface area contributed by atoms with Crippen LogP contribution in [0.25, 0.3) is 0 Å². The third kappa shape index (κ3) is 3.22. The van der Waals surface area contributed by atoms with Crippen LogP contribution >= 0.6 is 0 Å². The van der Waals surface area contributed by atoms with Gasteiger partial charge in [0, 0.05) is 46.1 Å². The van der Waals surface area contributed by atoms with Gasteiger partial charge in [-0.05, 0) is 25.8 Å². The molecule has 0 spiro atoms. The van der Waals surface area contributed by atoms with Gasteiger partial charge in [0.1, 0.15) is 11.5 Å². The fourth-order valence-corrected chi connectivity index (χ4v) is 4.10. The molecule has 9 nitrogen and oxygen atoms in total. The number of hydrogen-bond acceptors (Lipinski definition) is 5. The highest BCUT2D eigenvalue weighted by atomic mass is 16.2. The molecule has 2 aromatic heterocycles. The molecule has 0 aromatic carbocycles. The number of hydrogen-bond donors (Lipinski definition) is 0. The standard InChI is InChI=1S/C18H25N7O2/c1-12-9-15(22(3)21-12)18(27)24-7-8-25-16(11-24)19-20-17(25)14-5-4-6-23(10-14)13(2)26/h9,14H,4-8,10-11H2,1-3H3. The molecule has 0 saturated carbocycles. The van der Waals surface area contributed by atoms with Crippen molar-refractivity contribution in [3.8, 4) is 0 Å². The minimum Gasteiger partial charge on any atom is -0.342 e. The summed E-state index contributed by atoms with van der Waals surface area (Å²) in [5.41, 5.74) is 1.42. The molecule has 2 aliphatic rings. The number of carbonyl (C=O) groups excluding carboxylic acids is 2. The summed E-state index contributed by atoms with van der Waals surface area (Å²) in [7, 11) is 1.79. The first kappa shape index (κ1) is 17.7. The van der Waals surface area contributed by atoms with Crippen LogP contribution in [0, 0.1) is 6.92 Å². The fourth-order valence-electron chi connectivity index (χ4n) is 4.10. The molecule has 144 valence electrons. The maximum Gasteiger partial charge on any atom is 0.272 e. The Hall–Kier alpha value is -2.71. The number of aromatic nitrogens is 5. The number of fused-ring (bicyclic) bond motifs is 1. The molecule has 2 aliphatic heterocycles. The summed E-state index contributed by atoms with van der Waals surface area (Å²) >= 11 is 0. The Morgan fingerprint density at radius 3 is 2.67 bits per heavy atom. The van der Waals surface area contributed by atoms with Crippen molar-refractivity contribution in [3.05, 3.63) is 29.1 Å². The van der Waals surface area contributed by atoms with Crippen LogP contribution in [-0.4, -0.2) is 65.8 Å². The van der Waals surface area contributed by atoms with E-state index in [-0.39, 0.29) is 17.7 Å². The van der Waals surface area contributed by atoms with E-state index in [1.807, 2.05) is 17.9 Å². The molecular formula is C18H25N7O2. The highest BCUT2D eigenvalue weighted by molar-refractivity contribution is 5.92. The van der Waals surface area contributed by atoms with Gasteiger partial charge in [0.05, 0.1) is 12.2 Å². The van der Waals surface area contributed by atoms with Gasteiger partial charge in [-0.15, -0.1) is 10.2 Å². The summed E-state index contributed by atoms with van der Waals surface area (Å²) in [6, 6.07) is 1.81. The SMILES string of the molecule is CC(=O)N1CCCC(c2nnc3n2CCN(C(=O)c2cc(C)nn2C)C3)C1. The van der Waals surface area contributed by atoms with Crippen LogP contribution in [0.3, 0.4) is 0 Å². The molecule has 1 saturated heterocycles. The van der Waals surface area contributed by atoms with E-state index in [4.69, 9.17) is 0 Å². The maximum atomic E-state index is 12.8. The molecule has 27 heavy (non-hydrogen) atoms. The molecule has 4 heterocycles. The summed E-state index contributed by atoms with van der Waals surface area (Å²) in [6.45, 7) is 6.75. The number of rotatable bonds is 2. The topological polar surface area (TPSA) is 89.2 Å². The predicted octanol–water partition coefficient (Wildman–Crippen LogP) is 0.702. The number of amides is 2. The molecular weight excluding hydrogens is 346 g/mol. The van der Waals surface area contributed by atoms with Crippen LogP contribution in [0.4, 0.5) is 0 Å². The van der Waals surface area contributed by atoms with Crippen molar-refractivity contribution in [2.24, 2.45) is 7.05 Å². The van der Waals surface area contributed by atoms with Crippen LogP contribution in [-0.2, 0) is 24.9 Å². The Morgan fingerprint density at radius 2 is 1.96 bits per heavy atom. The normalized spacial score (nSPS) is 19.9. The summed E-state index contributed by atoms with van der Waals surface area (Å²) in [5.74, 6) is 2.05. The monoisotopic (exact) mass is 371 g/mol. The Kier molecular flexibility index (Phi) is 4.45. The molecule has 1 fully saturated rings. The first-order valence-electron chi connectivity index (χ1n) is 9.41. The van der Waals surface area contributed by atoms with Gasteiger partial charge >= 0.3 is 0 Å². The molecule has 0 aliphatic carbocycles. The lowest BCUT2D eigenvalue weighted by Gasteiger charge is -2.33. The number of carbonyl (C=O) groups is 2. The van der Waals surface area contributed by atoms with Crippen LogP contribution in [0.1, 0.15) is 53.5 Å². The zero-order valence-electron chi connectivity index (χ0n) is 16.1. The summed E-state index contributed by atoms with van der Waals surface area (Å²) in [6.07, 6.45) is 2.00. The molecule has 0 N–H and O–H groups in total. The third-order valence-electron chi connectivity index (χ3n) is 5.52. The Labute approximate surface area is 157 Å². The van der Waals surface area contributed by atoms with E-state index in [2.05, 4.69) is 19.9 Å². The van der Waals surface area contributed by atoms with Crippen molar-refractivity contribution in [2.75, 3.05) is 19.6 Å². The van der Waals surface area contributed by atoms with Gasteiger partial charge in [0.2, 0.25) is 5.91 Å². The van der Waals surface area contributed by atoms with Crippen molar-refractivity contribution in [1.29, 1.82) is 0 Å². The molecule has 0 radical (unpaired) electrons. The van der Waals surface area contributed by atoms with Crippen molar-refractivity contribution < 1.29 is 9.59 Å². The van der Waals surface area contributed by atoms with Crippen LogP contribution in [0.15, 0.2) is 6.07 Å². The second kappa shape index (κ2) is 6.79. The van der Waals surface area contributed by atoms with E-state index in [0.29, 0.717) is 31.9 Å². The first-order chi connectivity index (χ1) is 12.9. The molecule has 1 unspecified atom stereocenters. The van der Waals surface area contributed by atoms with Crippen molar-refractivity contribution in [3.63, 3.8) is 0 Å². The zero-order chi connectivity index (χ0) is 19.1. The molecule has 9 heteroatoms. The van der Waals surface area contributed by atoms with Crippen LogP contribution in [0.5, 0.6) is 0 Å². The highest BCUT2D eigenvalue weighted by Gasteiger charge is 2.31. The average molecular weight is 371 g/mol. The number of nitrogens with zero attached hydrogens (tertiary/aromatic N) is 7. The Balaban J connectivity index is 1.51.